The molecule has 0 amide bonds. The Morgan fingerprint density at radius 3 is 2.14 bits per heavy atom. The van der Waals surface area contributed by atoms with Crippen LogP contribution in [0.3, 0.4) is 0 Å². The van der Waals surface area contributed by atoms with Crippen LogP contribution in [-0.4, -0.2) is 13.1 Å². The molecule has 0 saturated carbocycles. The van der Waals surface area contributed by atoms with Crippen LogP contribution in [-0.2, 0) is 32.7 Å². The second-order valence-electron chi connectivity index (χ2n) is 1.39. The van der Waals surface area contributed by atoms with Crippen molar-refractivity contribution in [1.82, 2.24) is 5.32 Å². The maximum Gasteiger partial charge on any atom is 0 e. The molecule has 0 aromatic heterocycles. The first-order chi connectivity index (χ1) is 2.81. The van der Waals surface area contributed by atoms with E-state index in [0.29, 0.717) is 6.04 Å². The molecule has 1 atom stereocenters. The zero-order valence-corrected chi connectivity index (χ0v) is 7.91. The Kier molecular flexibility index (Phi) is 11.0. The number of rotatable bonds is 2. The summed E-state index contributed by atoms with van der Waals surface area (Å²) in [5.74, 6) is 0. The van der Waals surface area contributed by atoms with Crippen LogP contribution >= 0.6 is 0 Å². The van der Waals surface area contributed by atoms with Gasteiger partial charge in [-0.1, -0.05) is 13.3 Å². The van der Waals surface area contributed by atoms with Gasteiger partial charge in [-0.25, -0.2) is 0 Å². The molecule has 0 aliphatic carbocycles. The third-order valence-corrected chi connectivity index (χ3v) is 0.901. The van der Waals surface area contributed by atoms with E-state index >= 15 is 0 Å². The Bertz CT molecular complexity index is 27.3. The molecule has 7 heavy (non-hydrogen) atoms. The number of hydrogen-bond donors (Lipinski definition) is 1. The molecule has 0 aromatic rings. The van der Waals surface area contributed by atoms with E-state index in [1.54, 1.807) is 0 Å². The van der Waals surface area contributed by atoms with E-state index in [1.807, 2.05) is 7.05 Å². The van der Waals surface area contributed by atoms with Gasteiger partial charge in [-0.15, -0.1) is 6.04 Å². The molecule has 1 unspecified atom stereocenters. The van der Waals surface area contributed by atoms with Crippen molar-refractivity contribution in [2.75, 3.05) is 7.05 Å². The van der Waals surface area contributed by atoms with Crippen LogP contribution in [0, 0.1) is 6.92 Å². The van der Waals surface area contributed by atoms with Crippen molar-refractivity contribution in [1.29, 1.82) is 0 Å². The molecule has 0 rings (SSSR count). The summed E-state index contributed by atoms with van der Waals surface area (Å²) in [5, 5.41) is 3.00. The molecule has 2 heteroatoms. The van der Waals surface area contributed by atoms with E-state index in [1.165, 1.54) is 0 Å². The van der Waals surface area contributed by atoms with Crippen LogP contribution in [0.15, 0.2) is 0 Å². The third-order valence-electron chi connectivity index (χ3n) is 0.901. The minimum absolute atomic E-state index is 0. The predicted molar refractivity (Wildman–Crippen MR) is 28.5 cm³/mol. The van der Waals surface area contributed by atoms with Gasteiger partial charge in [-0.3, -0.25) is 0 Å². The quantitative estimate of drug-likeness (QED) is 0.612. The van der Waals surface area contributed by atoms with Gasteiger partial charge in [0, 0.05) is 32.7 Å². The van der Waals surface area contributed by atoms with E-state index < -0.39 is 0 Å². The topological polar surface area (TPSA) is 12.0 Å². The summed E-state index contributed by atoms with van der Waals surface area (Å²) in [7, 11) is 1.92. The average molecular weight is 175 g/mol. The normalized spacial score (nSPS) is 12.4. The Labute approximate surface area is 71.1 Å². The second kappa shape index (κ2) is 7.06. The number of hydrogen-bond acceptors (Lipinski definition) is 1. The van der Waals surface area contributed by atoms with E-state index in [2.05, 4.69) is 19.2 Å². The minimum Gasteiger partial charge on any atom is -0.346 e. The van der Waals surface area contributed by atoms with E-state index in [-0.39, 0.29) is 32.7 Å². The van der Waals surface area contributed by atoms with Crippen molar-refractivity contribution in [2.24, 2.45) is 0 Å². The first-order valence-corrected chi connectivity index (χ1v) is 2.31. The molecule has 41 valence electrons. The van der Waals surface area contributed by atoms with Gasteiger partial charge >= 0.3 is 0 Å². The summed E-state index contributed by atoms with van der Waals surface area (Å²) in [6.07, 6.45) is 1.11. The van der Waals surface area contributed by atoms with Crippen molar-refractivity contribution < 1.29 is 32.7 Å². The monoisotopic (exact) mass is 175 g/mol. The first-order valence-electron chi connectivity index (χ1n) is 2.31. The summed E-state index contributed by atoms with van der Waals surface area (Å²) in [4.78, 5) is 0. The predicted octanol–water partition coefficient (Wildman–Crippen LogP) is 0.816. The molecule has 0 aromatic carbocycles. The summed E-state index contributed by atoms with van der Waals surface area (Å²) >= 11 is 0. The van der Waals surface area contributed by atoms with Crippen LogP contribution in [0.5, 0.6) is 0 Å². The fourth-order valence-electron chi connectivity index (χ4n) is 0.204. The van der Waals surface area contributed by atoms with E-state index in [4.69, 9.17) is 0 Å². The summed E-state index contributed by atoms with van der Waals surface area (Å²) in [5.41, 5.74) is 0. The molecule has 0 spiro atoms. The van der Waals surface area contributed by atoms with E-state index in [0.717, 1.165) is 6.42 Å². The fraction of sp³-hybridized carbons (Fsp3) is 0.800. The molecule has 0 aliphatic rings. The van der Waals surface area contributed by atoms with Gasteiger partial charge in [0.15, 0.2) is 0 Å². The molecule has 1 nitrogen and oxygen atoms in total. The Morgan fingerprint density at radius 1 is 1.71 bits per heavy atom. The molecule has 1 N–H and O–H groups in total. The van der Waals surface area contributed by atoms with Crippen molar-refractivity contribution in [2.45, 2.75) is 19.4 Å². The van der Waals surface area contributed by atoms with Gasteiger partial charge in [-0.05, 0) is 7.05 Å². The van der Waals surface area contributed by atoms with Gasteiger partial charge in [0.05, 0.1) is 0 Å². The van der Waals surface area contributed by atoms with Gasteiger partial charge in [0.2, 0.25) is 0 Å². The first kappa shape index (κ1) is 10.9. The summed E-state index contributed by atoms with van der Waals surface area (Å²) in [6.45, 7) is 5.87. The summed E-state index contributed by atoms with van der Waals surface area (Å²) < 4.78 is 0. The zero-order valence-electron chi connectivity index (χ0n) is 5.07. The van der Waals surface area contributed by atoms with Crippen molar-refractivity contribution in [3.8, 4) is 0 Å². The summed E-state index contributed by atoms with van der Waals surface area (Å²) in [6, 6.07) is 0.435. The molecule has 0 bridgehead atoms. The maximum atomic E-state index is 3.76. The van der Waals surface area contributed by atoms with Gasteiger partial charge in [0.1, 0.15) is 0 Å². The second-order valence-corrected chi connectivity index (χ2v) is 1.39. The molecule has 0 saturated heterocycles. The van der Waals surface area contributed by atoms with Crippen LogP contribution in [0.1, 0.15) is 13.3 Å². The van der Waals surface area contributed by atoms with Crippen molar-refractivity contribution in [3.63, 3.8) is 0 Å². The molecular weight excluding hydrogens is 163 g/mol. The van der Waals surface area contributed by atoms with Gasteiger partial charge in [-0.2, -0.15) is 0 Å². The number of nitrogens with one attached hydrogen (secondary N) is 1. The zero-order chi connectivity index (χ0) is 4.99. The van der Waals surface area contributed by atoms with Crippen LogP contribution in [0.2, 0.25) is 0 Å². The molecule has 0 aliphatic heterocycles. The van der Waals surface area contributed by atoms with Crippen molar-refractivity contribution in [3.05, 3.63) is 6.92 Å². The van der Waals surface area contributed by atoms with E-state index in [9.17, 15) is 0 Å². The van der Waals surface area contributed by atoms with Gasteiger partial charge in [0.25, 0.3) is 0 Å². The Hall–Kier alpha value is 1.06. The minimum atomic E-state index is 0. The maximum absolute atomic E-state index is 3.76. The molecule has 0 heterocycles. The average Bonchev–Trinajstić information content (AvgIpc) is 1.65. The third kappa shape index (κ3) is 7.06. The fourth-order valence-corrected chi connectivity index (χ4v) is 0.204. The van der Waals surface area contributed by atoms with Gasteiger partial charge < -0.3 is 12.2 Å². The van der Waals surface area contributed by atoms with Crippen LogP contribution < -0.4 is 5.32 Å². The SMILES string of the molecule is [CH2-]C(CC)NC.[Y]. The Morgan fingerprint density at radius 2 is 2.14 bits per heavy atom. The Balaban J connectivity index is 0. The standard InChI is InChI=1S/C5H12N.Y/c1-4-5(2)6-3;/h5-6H,2,4H2,1,3H3;/q-1;. The molecule has 0 fully saturated rings. The van der Waals surface area contributed by atoms with Crippen LogP contribution in [0.25, 0.3) is 0 Å². The largest absolute Gasteiger partial charge is 0.346 e. The van der Waals surface area contributed by atoms with Crippen LogP contribution in [0.4, 0.5) is 0 Å². The molecular formula is C5H12NY-. The smallest absolute Gasteiger partial charge is 0 e. The molecule has 1 radical (unpaired) electrons. The van der Waals surface area contributed by atoms with Crippen molar-refractivity contribution >= 4 is 0 Å².